The molecule has 0 aliphatic rings. The summed E-state index contributed by atoms with van der Waals surface area (Å²) in [6.07, 6.45) is 5.27. The van der Waals surface area contributed by atoms with Gasteiger partial charge in [-0.2, -0.15) is 0 Å². The van der Waals surface area contributed by atoms with Crippen LogP contribution < -0.4 is 15.8 Å². The van der Waals surface area contributed by atoms with Crippen molar-refractivity contribution < 1.29 is 9.53 Å². The van der Waals surface area contributed by atoms with Gasteiger partial charge in [-0.3, -0.25) is 4.79 Å². The quantitative estimate of drug-likeness (QED) is 0.771. The predicted octanol–water partition coefficient (Wildman–Crippen LogP) is 1.05. The first kappa shape index (κ1) is 13.9. The highest BCUT2D eigenvalue weighted by Gasteiger charge is 2.09. The summed E-state index contributed by atoms with van der Waals surface area (Å²) in [4.78, 5) is 15.7. The van der Waals surface area contributed by atoms with Crippen molar-refractivity contribution in [1.82, 2.24) is 14.9 Å². The average molecular weight is 274 g/mol. The van der Waals surface area contributed by atoms with Gasteiger partial charge in [0.1, 0.15) is 5.75 Å². The summed E-state index contributed by atoms with van der Waals surface area (Å²) < 4.78 is 7.28. The lowest BCUT2D eigenvalue weighted by molar-refractivity contribution is -0.123. The molecule has 2 aromatic rings. The topological polar surface area (TPSA) is 82.2 Å². The second-order valence-corrected chi connectivity index (χ2v) is 4.55. The first-order valence-electron chi connectivity index (χ1n) is 6.37. The lowest BCUT2D eigenvalue weighted by atomic mass is 10.3. The van der Waals surface area contributed by atoms with E-state index >= 15 is 0 Å². The Balaban J connectivity index is 1.76. The van der Waals surface area contributed by atoms with Crippen LogP contribution in [0.4, 0.5) is 5.69 Å². The van der Waals surface area contributed by atoms with Crippen molar-refractivity contribution in [2.24, 2.45) is 0 Å². The highest BCUT2D eigenvalue weighted by atomic mass is 16.5. The molecule has 1 unspecified atom stereocenters. The number of imidazole rings is 1. The summed E-state index contributed by atoms with van der Waals surface area (Å²) in [6, 6.07) is 7.08. The van der Waals surface area contributed by atoms with E-state index in [1.165, 1.54) is 0 Å². The molecule has 0 aliphatic heterocycles. The Morgan fingerprint density at radius 1 is 1.50 bits per heavy atom. The Hall–Kier alpha value is -2.50. The molecule has 6 heteroatoms. The molecule has 0 saturated heterocycles. The van der Waals surface area contributed by atoms with E-state index in [1.807, 2.05) is 29.8 Å². The van der Waals surface area contributed by atoms with Crippen molar-refractivity contribution in [3.05, 3.63) is 43.0 Å². The number of rotatable bonds is 6. The molecule has 0 saturated carbocycles. The van der Waals surface area contributed by atoms with Gasteiger partial charge in [0, 0.05) is 25.0 Å². The number of benzene rings is 1. The standard InChI is InChI=1S/C14H18N4O2/c1-11(8-18-7-6-16-10-18)17-14(19)9-20-13-5-3-2-4-12(13)15/h2-7,10-11H,8-9,15H2,1H3,(H,17,19). The van der Waals surface area contributed by atoms with E-state index in [9.17, 15) is 4.79 Å². The minimum Gasteiger partial charge on any atom is -0.482 e. The van der Waals surface area contributed by atoms with Crippen LogP contribution >= 0.6 is 0 Å². The molecule has 3 N–H and O–H groups in total. The van der Waals surface area contributed by atoms with Crippen LogP contribution in [0.3, 0.4) is 0 Å². The lowest BCUT2D eigenvalue weighted by Crippen LogP contribution is -2.38. The Labute approximate surface area is 117 Å². The van der Waals surface area contributed by atoms with Gasteiger partial charge in [0.2, 0.25) is 0 Å². The highest BCUT2D eigenvalue weighted by molar-refractivity contribution is 5.78. The number of carbonyl (C=O) groups is 1. The minimum atomic E-state index is -0.180. The van der Waals surface area contributed by atoms with Gasteiger partial charge in [-0.15, -0.1) is 0 Å². The molecule has 20 heavy (non-hydrogen) atoms. The SMILES string of the molecule is CC(Cn1ccnc1)NC(=O)COc1ccccc1N. The van der Waals surface area contributed by atoms with Crippen LogP contribution in [-0.4, -0.2) is 28.1 Å². The van der Waals surface area contributed by atoms with Crippen LogP contribution in [0.5, 0.6) is 5.75 Å². The fourth-order valence-corrected chi connectivity index (χ4v) is 1.83. The van der Waals surface area contributed by atoms with Crippen molar-refractivity contribution in [3.63, 3.8) is 0 Å². The van der Waals surface area contributed by atoms with E-state index in [2.05, 4.69) is 10.3 Å². The molecule has 1 heterocycles. The third kappa shape index (κ3) is 4.01. The summed E-state index contributed by atoms with van der Waals surface area (Å²) in [7, 11) is 0. The van der Waals surface area contributed by atoms with Crippen LogP contribution in [0, 0.1) is 0 Å². The molecule has 1 aromatic heterocycles. The van der Waals surface area contributed by atoms with Crippen molar-refractivity contribution in [3.8, 4) is 5.75 Å². The van der Waals surface area contributed by atoms with Crippen molar-refractivity contribution in [2.45, 2.75) is 19.5 Å². The predicted molar refractivity (Wildman–Crippen MR) is 76.2 cm³/mol. The number of hydrogen-bond acceptors (Lipinski definition) is 4. The van der Waals surface area contributed by atoms with Crippen molar-refractivity contribution in [2.75, 3.05) is 12.3 Å². The zero-order valence-electron chi connectivity index (χ0n) is 11.3. The van der Waals surface area contributed by atoms with Crippen LogP contribution in [0.15, 0.2) is 43.0 Å². The molecule has 0 spiro atoms. The zero-order chi connectivity index (χ0) is 14.4. The number of para-hydroxylation sites is 2. The molecule has 1 amide bonds. The van der Waals surface area contributed by atoms with Gasteiger partial charge in [-0.05, 0) is 19.1 Å². The maximum absolute atomic E-state index is 11.8. The fourth-order valence-electron chi connectivity index (χ4n) is 1.83. The number of nitrogens with one attached hydrogen (secondary N) is 1. The van der Waals surface area contributed by atoms with Gasteiger partial charge < -0.3 is 20.4 Å². The lowest BCUT2D eigenvalue weighted by Gasteiger charge is -2.15. The number of anilines is 1. The van der Waals surface area contributed by atoms with Gasteiger partial charge in [-0.25, -0.2) is 4.98 Å². The molecule has 0 fully saturated rings. The second kappa shape index (κ2) is 6.60. The summed E-state index contributed by atoms with van der Waals surface area (Å²) in [5, 5.41) is 2.85. The molecular weight excluding hydrogens is 256 g/mol. The molecule has 106 valence electrons. The van der Waals surface area contributed by atoms with Crippen LogP contribution in [0.1, 0.15) is 6.92 Å². The van der Waals surface area contributed by atoms with Gasteiger partial charge in [0.15, 0.2) is 6.61 Å². The highest BCUT2D eigenvalue weighted by Crippen LogP contribution is 2.19. The smallest absolute Gasteiger partial charge is 0.258 e. The van der Waals surface area contributed by atoms with E-state index in [0.717, 1.165) is 0 Å². The minimum absolute atomic E-state index is 0.00609. The van der Waals surface area contributed by atoms with E-state index in [0.29, 0.717) is 18.0 Å². The number of carbonyl (C=O) groups excluding carboxylic acids is 1. The zero-order valence-corrected chi connectivity index (χ0v) is 11.3. The van der Waals surface area contributed by atoms with Crippen LogP contribution in [0.2, 0.25) is 0 Å². The normalized spacial score (nSPS) is 11.8. The Morgan fingerprint density at radius 2 is 2.30 bits per heavy atom. The van der Waals surface area contributed by atoms with Gasteiger partial charge in [0.05, 0.1) is 12.0 Å². The molecule has 1 atom stereocenters. The number of nitrogen functional groups attached to an aromatic ring is 1. The summed E-state index contributed by atoms with van der Waals surface area (Å²) in [5.74, 6) is 0.339. The van der Waals surface area contributed by atoms with Crippen molar-refractivity contribution >= 4 is 11.6 Å². The number of nitrogens with zero attached hydrogens (tertiary/aromatic N) is 2. The maximum Gasteiger partial charge on any atom is 0.258 e. The number of nitrogens with two attached hydrogens (primary N) is 1. The third-order valence-electron chi connectivity index (χ3n) is 2.73. The first-order chi connectivity index (χ1) is 9.65. The third-order valence-corrected chi connectivity index (χ3v) is 2.73. The van der Waals surface area contributed by atoms with Crippen molar-refractivity contribution in [1.29, 1.82) is 0 Å². The summed E-state index contributed by atoms with van der Waals surface area (Å²) in [6.45, 7) is 2.54. The summed E-state index contributed by atoms with van der Waals surface area (Å²) in [5.41, 5.74) is 6.25. The van der Waals surface area contributed by atoms with E-state index in [4.69, 9.17) is 10.5 Å². The number of aromatic nitrogens is 2. The molecule has 6 nitrogen and oxygen atoms in total. The van der Waals surface area contributed by atoms with Gasteiger partial charge >= 0.3 is 0 Å². The van der Waals surface area contributed by atoms with Crippen LogP contribution in [0.25, 0.3) is 0 Å². The maximum atomic E-state index is 11.8. The molecule has 1 aromatic carbocycles. The number of amides is 1. The van der Waals surface area contributed by atoms with E-state index in [1.54, 1.807) is 24.7 Å². The fraction of sp³-hybridized carbons (Fsp3) is 0.286. The van der Waals surface area contributed by atoms with Gasteiger partial charge in [-0.1, -0.05) is 12.1 Å². The Morgan fingerprint density at radius 3 is 3.00 bits per heavy atom. The second-order valence-electron chi connectivity index (χ2n) is 4.55. The first-order valence-corrected chi connectivity index (χ1v) is 6.37. The van der Waals surface area contributed by atoms with E-state index in [-0.39, 0.29) is 18.6 Å². The number of hydrogen-bond donors (Lipinski definition) is 2. The molecular formula is C14H18N4O2. The Kier molecular flexibility index (Phi) is 4.60. The monoisotopic (exact) mass is 274 g/mol. The average Bonchev–Trinajstić information content (AvgIpc) is 2.90. The molecule has 2 rings (SSSR count). The number of ether oxygens (including phenoxy) is 1. The molecule has 0 bridgehead atoms. The largest absolute Gasteiger partial charge is 0.482 e. The Bertz CT molecular complexity index is 554. The summed E-state index contributed by atoms with van der Waals surface area (Å²) >= 11 is 0. The molecule has 0 radical (unpaired) electrons. The molecule has 0 aliphatic carbocycles. The van der Waals surface area contributed by atoms with E-state index < -0.39 is 0 Å². The van der Waals surface area contributed by atoms with Gasteiger partial charge in [0.25, 0.3) is 5.91 Å². The van der Waals surface area contributed by atoms with Crippen LogP contribution in [-0.2, 0) is 11.3 Å².